The van der Waals surface area contributed by atoms with Gasteiger partial charge in [-0.1, -0.05) is 6.07 Å². The highest BCUT2D eigenvalue weighted by Crippen LogP contribution is 2.24. The van der Waals surface area contributed by atoms with E-state index in [9.17, 15) is 4.79 Å². The van der Waals surface area contributed by atoms with E-state index in [0.29, 0.717) is 6.42 Å². The van der Waals surface area contributed by atoms with Crippen molar-refractivity contribution in [2.75, 3.05) is 18.9 Å². The molecule has 0 bridgehead atoms. The Labute approximate surface area is 87.1 Å². The van der Waals surface area contributed by atoms with Gasteiger partial charge in [0.05, 0.1) is 6.61 Å². The molecule has 0 spiro atoms. The normalized spacial score (nSPS) is 9.93. The summed E-state index contributed by atoms with van der Waals surface area (Å²) in [6.45, 7) is 0.269. The standard InChI is InChI=1S/C10H13NO4/c11-7-3-1-4-8(9(7)10(13)14)15-6-2-5-12/h1,3-4,12H,2,5-6,11H2,(H,13,14). The number of ether oxygens (including phenoxy) is 1. The second kappa shape index (κ2) is 5.21. The molecule has 0 atom stereocenters. The molecular formula is C10H13NO4. The number of aliphatic hydroxyl groups excluding tert-OH is 1. The largest absolute Gasteiger partial charge is 0.493 e. The number of aromatic carboxylic acids is 1. The fourth-order valence-corrected chi connectivity index (χ4v) is 1.14. The van der Waals surface area contributed by atoms with E-state index < -0.39 is 5.97 Å². The molecule has 0 amide bonds. The second-order valence-electron chi connectivity index (χ2n) is 2.95. The van der Waals surface area contributed by atoms with Crippen LogP contribution in [0.5, 0.6) is 5.75 Å². The lowest BCUT2D eigenvalue weighted by atomic mass is 10.1. The SMILES string of the molecule is Nc1cccc(OCCCO)c1C(=O)O. The van der Waals surface area contributed by atoms with Crippen molar-refractivity contribution in [3.8, 4) is 5.75 Å². The van der Waals surface area contributed by atoms with Crippen LogP contribution in [0.2, 0.25) is 0 Å². The van der Waals surface area contributed by atoms with Crippen LogP contribution in [0, 0.1) is 0 Å². The van der Waals surface area contributed by atoms with E-state index >= 15 is 0 Å². The van der Waals surface area contributed by atoms with Crippen LogP contribution in [-0.2, 0) is 0 Å². The highest BCUT2D eigenvalue weighted by molar-refractivity contribution is 5.96. The van der Waals surface area contributed by atoms with Gasteiger partial charge < -0.3 is 20.7 Å². The first-order valence-electron chi connectivity index (χ1n) is 4.52. The summed E-state index contributed by atoms with van der Waals surface area (Å²) in [7, 11) is 0. The van der Waals surface area contributed by atoms with Crippen LogP contribution < -0.4 is 10.5 Å². The van der Waals surface area contributed by atoms with Crippen LogP contribution in [0.4, 0.5) is 5.69 Å². The Morgan fingerprint density at radius 1 is 1.47 bits per heavy atom. The maximum absolute atomic E-state index is 10.9. The van der Waals surface area contributed by atoms with Crippen molar-refractivity contribution in [1.82, 2.24) is 0 Å². The predicted octanol–water partition coefficient (Wildman–Crippen LogP) is 0.728. The summed E-state index contributed by atoms with van der Waals surface area (Å²) in [5.74, 6) is -0.886. The number of hydrogen-bond acceptors (Lipinski definition) is 4. The van der Waals surface area contributed by atoms with Gasteiger partial charge in [0.25, 0.3) is 0 Å². The minimum Gasteiger partial charge on any atom is -0.493 e. The van der Waals surface area contributed by atoms with Crippen LogP contribution in [-0.4, -0.2) is 29.4 Å². The van der Waals surface area contributed by atoms with E-state index in [1.807, 2.05) is 0 Å². The number of nitrogens with two attached hydrogens (primary N) is 1. The average molecular weight is 211 g/mol. The highest BCUT2D eigenvalue weighted by atomic mass is 16.5. The number of hydrogen-bond donors (Lipinski definition) is 3. The number of carbonyl (C=O) groups is 1. The maximum Gasteiger partial charge on any atom is 0.341 e. The van der Waals surface area contributed by atoms with Gasteiger partial charge >= 0.3 is 5.97 Å². The smallest absolute Gasteiger partial charge is 0.341 e. The molecule has 0 aliphatic heterocycles. The molecule has 0 saturated heterocycles. The molecule has 82 valence electrons. The Hall–Kier alpha value is -1.75. The number of aliphatic hydroxyl groups is 1. The van der Waals surface area contributed by atoms with Crippen molar-refractivity contribution in [3.63, 3.8) is 0 Å². The summed E-state index contributed by atoms with van der Waals surface area (Å²) in [6.07, 6.45) is 0.452. The zero-order valence-electron chi connectivity index (χ0n) is 8.14. The van der Waals surface area contributed by atoms with Gasteiger partial charge in [-0.2, -0.15) is 0 Å². The second-order valence-corrected chi connectivity index (χ2v) is 2.95. The summed E-state index contributed by atoms with van der Waals surface area (Å²) in [5, 5.41) is 17.4. The third-order valence-electron chi connectivity index (χ3n) is 1.83. The number of rotatable bonds is 5. The molecule has 0 aliphatic rings. The Balaban J connectivity index is 2.86. The Morgan fingerprint density at radius 2 is 2.20 bits per heavy atom. The van der Waals surface area contributed by atoms with Gasteiger partial charge in [-0.3, -0.25) is 0 Å². The Kier molecular flexibility index (Phi) is 3.93. The molecule has 5 heteroatoms. The molecule has 1 aromatic carbocycles. The van der Waals surface area contributed by atoms with Gasteiger partial charge in [-0.05, 0) is 12.1 Å². The zero-order valence-corrected chi connectivity index (χ0v) is 8.14. The average Bonchev–Trinajstić information content (AvgIpc) is 2.17. The van der Waals surface area contributed by atoms with Gasteiger partial charge in [-0.15, -0.1) is 0 Å². The van der Waals surface area contributed by atoms with Crippen LogP contribution >= 0.6 is 0 Å². The van der Waals surface area contributed by atoms with Gasteiger partial charge in [0, 0.05) is 18.7 Å². The highest BCUT2D eigenvalue weighted by Gasteiger charge is 2.14. The molecule has 0 heterocycles. The third-order valence-corrected chi connectivity index (χ3v) is 1.83. The van der Waals surface area contributed by atoms with E-state index in [2.05, 4.69) is 0 Å². The van der Waals surface area contributed by atoms with Gasteiger partial charge in [0.15, 0.2) is 0 Å². The van der Waals surface area contributed by atoms with E-state index in [-0.39, 0.29) is 30.2 Å². The number of anilines is 1. The minimum atomic E-state index is -1.12. The van der Waals surface area contributed by atoms with Crippen molar-refractivity contribution in [2.45, 2.75) is 6.42 Å². The van der Waals surface area contributed by atoms with E-state index in [1.54, 1.807) is 6.07 Å². The molecule has 0 radical (unpaired) electrons. The van der Waals surface area contributed by atoms with E-state index in [1.165, 1.54) is 12.1 Å². The number of carboxylic acids is 1. The fourth-order valence-electron chi connectivity index (χ4n) is 1.14. The molecule has 0 unspecified atom stereocenters. The third kappa shape index (κ3) is 2.85. The summed E-state index contributed by atoms with van der Waals surface area (Å²) in [6, 6.07) is 4.66. The summed E-state index contributed by atoms with van der Waals surface area (Å²) in [4.78, 5) is 10.9. The van der Waals surface area contributed by atoms with Crippen molar-refractivity contribution < 1.29 is 19.7 Å². The lowest BCUT2D eigenvalue weighted by molar-refractivity contribution is 0.0693. The Bertz CT molecular complexity index is 351. The zero-order chi connectivity index (χ0) is 11.3. The van der Waals surface area contributed by atoms with Gasteiger partial charge in [0.1, 0.15) is 11.3 Å². The molecule has 1 rings (SSSR count). The molecule has 4 N–H and O–H groups in total. The monoisotopic (exact) mass is 211 g/mol. The predicted molar refractivity (Wildman–Crippen MR) is 55.0 cm³/mol. The van der Waals surface area contributed by atoms with Crippen LogP contribution in [0.15, 0.2) is 18.2 Å². The van der Waals surface area contributed by atoms with Gasteiger partial charge in [-0.25, -0.2) is 4.79 Å². The van der Waals surface area contributed by atoms with Crippen molar-refractivity contribution in [3.05, 3.63) is 23.8 Å². The topological polar surface area (TPSA) is 92.8 Å². The van der Waals surface area contributed by atoms with E-state index in [4.69, 9.17) is 20.7 Å². The molecule has 0 fully saturated rings. The minimum absolute atomic E-state index is 0.00468. The first kappa shape index (κ1) is 11.3. The molecule has 5 nitrogen and oxygen atoms in total. The van der Waals surface area contributed by atoms with Gasteiger partial charge in [0.2, 0.25) is 0 Å². The lowest BCUT2D eigenvalue weighted by Gasteiger charge is -2.09. The summed E-state index contributed by atoms with van der Waals surface area (Å²) >= 11 is 0. The Morgan fingerprint density at radius 3 is 2.80 bits per heavy atom. The van der Waals surface area contributed by atoms with Crippen LogP contribution in [0.25, 0.3) is 0 Å². The maximum atomic E-state index is 10.9. The number of benzene rings is 1. The summed E-state index contributed by atoms with van der Waals surface area (Å²) in [5.41, 5.74) is 5.65. The van der Waals surface area contributed by atoms with E-state index in [0.717, 1.165) is 0 Å². The van der Waals surface area contributed by atoms with Crippen LogP contribution in [0.3, 0.4) is 0 Å². The lowest BCUT2D eigenvalue weighted by Crippen LogP contribution is -2.08. The summed E-state index contributed by atoms with van der Waals surface area (Å²) < 4.78 is 5.20. The molecule has 15 heavy (non-hydrogen) atoms. The molecule has 1 aromatic rings. The number of nitrogen functional groups attached to an aromatic ring is 1. The molecule has 0 aromatic heterocycles. The fraction of sp³-hybridized carbons (Fsp3) is 0.300. The first-order chi connectivity index (χ1) is 7.16. The van der Waals surface area contributed by atoms with Crippen molar-refractivity contribution in [1.29, 1.82) is 0 Å². The molecular weight excluding hydrogens is 198 g/mol. The molecule has 0 saturated carbocycles. The quantitative estimate of drug-likeness (QED) is 0.493. The molecule has 0 aliphatic carbocycles. The van der Waals surface area contributed by atoms with Crippen LogP contribution in [0.1, 0.15) is 16.8 Å². The van der Waals surface area contributed by atoms with Crippen molar-refractivity contribution >= 4 is 11.7 Å². The number of carboxylic acid groups (broad SMARTS) is 1. The first-order valence-corrected chi connectivity index (χ1v) is 4.52. The van der Waals surface area contributed by atoms with Crippen molar-refractivity contribution in [2.24, 2.45) is 0 Å².